The van der Waals surface area contributed by atoms with E-state index in [9.17, 15) is 4.21 Å². The Morgan fingerprint density at radius 1 is 1.70 bits per heavy atom. The second-order valence-electron chi connectivity index (χ2n) is 2.12. The maximum Gasteiger partial charge on any atom is 0.0421 e. The molecule has 0 amide bonds. The van der Waals surface area contributed by atoms with Gasteiger partial charge in [0.15, 0.2) is 0 Å². The van der Waals surface area contributed by atoms with Gasteiger partial charge < -0.3 is 4.74 Å². The molecule has 1 heterocycles. The van der Waals surface area contributed by atoms with Gasteiger partial charge in [-0.1, -0.05) is 6.42 Å². The van der Waals surface area contributed by atoms with Crippen LogP contribution in [0.4, 0.5) is 0 Å². The maximum absolute atomic E-state index is 10.8. The molecule has 0 bridgehead atoms. The van der Waals surface area contributed by atoms with Gasteiger partial charge in [-0.3, -0.25) is 10.6 Å². The first-order valence-corrected chi connectivity index (χ1v) is 4.70. The Hall–Kier alpha value is -0.890. The fraction of sp³-hybridized carbons (Fsp3) is 0.833. The average Bonchev–Trinajstić information content (AvgIpc) is 1.90. The van der Waals surface area contributed by atoms with Crippen molar-refractivity contribution in [2.75, 3.05) is 12.9 Å². The average molecular weight is 414 g/mol. The molecule has 56 valence electrons. The van der Waals surface area contributed by atoms with Crippen LogP contribution in [-0.4, -0.2) is 22.5 Å². The van der Waals surface area contributed by atoms with Crippen molar-refractivity contribution in [3.05, 3.63) is 6.42 Å². The molecule has 0 aromatic heterocycles. The zero-order chi connectivity index (χ0) is 6.69. The second-order valence-corrected chi connectivity index (χ2v) is 3.58. The summed E-state index contributed by atoms with van der Waals surface area (Å²) in [6.07, 6.45) is 5.78. The van der Waals surface area contributed by atoms with Crippen molar-refractivity contribution in [3.63, 3.8) is 0 Å². The Balaban J connectivity index is 0.000000810. The van der Waals surface area contributed by atoms with E-state index in [1.807, 2.05) is 6.42 Å². The van der Waals surface area contributed by atoms with Crippen LogP contribution in [-0.2, 0) is 15.5 Å². The van der Waals surface area contributed by atoms with Gasteiger partial charge >= 0.3 is 0 Å². The zero-order valence-corrected chi connectivity index (χ0v) is 13.4. The predicted octanol–water partition coefficient (Wildman–Crippen LogP) is 0.706. The molecule has 4 heteroatoms. The Morgan fingerprint density at radius 3 is 2.70 bits per heavy atom. The summed E-state index contributed by atoms with van der Waals surface area (Å²) in [5.41, 5.74) is -0.0984. The summed E-state index contributed by atoms with van der Waals surface area (Å²) in [6, 6.07) is 0. The van der Waals surface area contributed by atoms with Gasteiger partial charge in [-0.25, -0.2) is 0 Å². The van der Waals surface area contributed by atoms with Crippen molar-refractivity contribution in [2.45, 2.75) is 18.3 Å². The van der Waals surface area contributed by atoms with Gasteiger partial charge in [0.25, 0.3) is 0 Å². The molecule has 0 radical (unpaired) electrons. The molecule has 0 spiro atoms. The summed E-state index contributed by atoms with van der Waals surface area (Å²) >= 11 is 0. The second kappa shape index (κ2) is 4.01. The van der Waals surface area contributed by atoms with Crippen molar-refractivity contribution in [3.8, 4) is 0 Å². The van der Waals surface area contributed by atoms with E-state index in [0.29, 0.717) is 0 Å². The smallest absolute Gasteiger partial charge is 0.0421 e. The summed E-state index contributed by atoms with van der Waals surface area (Å²) in [5.74, 6) is 0. The van der Waals surface area contributed by atoms with Crippen LogP contribution in [0.2, 0.25) is 0 Å². The molecule has 2 atom stereocenters. The summed E-state index contributed by atoms with van der Waals surface area (Å²) in [6.45, 7) is 0.765. The molecule has 0 aromatic rings. The van der Waals surface area contributed by atoms with Gasteiger partial charge in [0.1, 0.15) is 0 Å². The largest absolute Gasteiger partial charge is 0.397 e. The molecule has 0 saturated carbocycles. The first-order valence-electron chi connectivity index (χ1n) is 3.08. The molecule has 2 unspecified atom stereocenters. The minimum atomic E-state index is -0.830. The number of hydrogen-bond donors (Lipinski definition) is 0. The Labute approximate surface area is 58.0 Å². The molecule has 0 aromatic carbocycles. The van der Waals surface area contributed by atoms with Crippen LogP contribution >= 0.6 is 0 Å². The molecule has 1 saturated heterocycles. The minimum absolute atomic E-state index is 0. The summed E-state index contributed by atoms with van der Waals surface area (Å²) in [7, 11) is -0.830. The van der Waals surface area contributed by atoms with Crippen LogP contribution in [0, 0.1) is 6.42 Å². The number of rotatable bonds is 1. The summed E-state index contributed by atoms with van der Waals surface area (Å²) < 4.78 is 15.9. The van der Waals surface area contributed by atoms with Crippen molar-refractivity contribution in [2.24, 2.45) is 0 Å². The predicted molar refractivity (Wildman–Crippen MR) is 37.3 cm³/mol. The van der Waals surface area contributed by atoms with Crippen LogP contribution < -0.4 is 0 Å². The van der Waals surface area contributed by atoms with Gasteiger partial charge in [-0.2, -0.15) is 6.42 Å². The molecule has 1 aliphatic heterocycles. The molecule has 2 nitrogen and oxygen atoms in total. The van der Waals surface area contributed by atoms with Gasteiger partial charge in [0.2, 0.25) is 0 Å². The molecule has 1 rings (SSSR count). The fourth-order valence-electron chi connectivity index (χ4n) is 0.836. The van der Waals surface area contributed by atoms with Crippen LogP contribution in [0.5, 0.6) is 0 Å². The van der Waals surface area contributed by atoms with Crippen LogP contribution in [0.1, 0.15) is 12.8 Å². The van der Waals surface area contributed by atoms with E-state index >= 15 is 0 Å². The number of ether oxygens (including phenoxy) is 1. The zero-order valence-electron chi connectivity index (χ0n) is 6.21. The molecule has 0 N–H and O–H groups in total. The minimum Gasteiger partial charge on any atom is -0.397 e. The van der Waals surface area contributed by atoms with E-state index in [0.717, 1.165) is 19.4 Å². The van der Waals surface area contributed by atoms with Crippen molar-refractivity contribution in [1.82, 2.24) is 0 Å². The summed E-state index contributed by atoms with van der Waals surface area (Å²) in [4.78, 5) is 0. The quantitative estimate of drug-likeness (QED) is 0.591. The normalized spacial score (nSPS) is 28.7. The van der Waals surface area contributed by atoms with Crippen molar-refractivity contribution < 1.29 is 8.95 Å². The van der Waals surface area contributed by atoms with E-state index in [1.54, 1.807) is 6.26 Å². The first-order chi connectivity index (χ1) is 4.30. The molecule has 1 aliphatic rings. The van der Waals surface area contributed by atoms with Crippen LogP contribution in [0.15, 0.2) is 0 Å². The van der Waals surface area contributed by atoms with E-state index in [-0.39, 0.29) is 5.44 Å². The fourth-order valence-corrected chi connectivity index (χ4v) is 1.53. The van der Waals surface area contributed by atoms with E-state index in [1.165, 1.54) is 0 Å². The Kier molecular flexibility index (Phi) is 3.65. The summed E-state index contributed by atoms with van der Waals surface area (Å²) in [5, 5.41) is 0. The third kappa shape index (κ3) is 2.15. The standard InChI is InChI=1S/C6H11O2S.Rf/c1-9(7)6-4-2-3-5-8-6;/h4,6H,2-3,5H2,1H3;/q-1;. The third-order valence-corrected chi connectivity index (χ3v) is 2.30. The van der Waals surface area contributed by atoms with E-state index < -0.39 is 10.8 Å². The van der Waals surface area contributed by atoms with Crippen LogP contribution in [0.3, 0.4) is 0 Å². The third-order valence-electron chi connectivity index (χ3n) is 1.32. The Bertz CT molecular complexity index is 112. The van der Waals surface area contributed by atoms with E-state index in [2.05, 4.69) is 0 Å². The first kappa shape index (κ1) is 9.11. The van der Waals surface area contributed by atoms with Gasteiger partial charge in [0, 0.05) is 29.1 Å². The molecule has 1 fully saturated rings. The van der Waals surface area contributed by atoms with Crippen molar-refractivity contribution >= 4 is 10.8 Å². The monoisotopic (exact) mass is 414 g/mol. The SMILES string of the molecule is CS(=O)C1[CH-]CCCO1.[Rf]. The Morgan fingerprint density at radius 2 is 2.40 bits per heavy atom. The van der Waals surface area contributed by atoms with Crippen molar-refractivity contribution in [1.29, 1.82) is 0 Å². The van der Waals surface area contributed by atoms with Crippen LogP contribution in [0.25, 0.3) is 0 Å². The maximum atomic E-state index is 10.8. The van der Waals surface area contributed by atoms with Gasteiger partial charge in [0.05, 0.1) is 0 Å². The molecule has 0 aliphatic carbocycles. The topological polar surface area (TPSA) is 26.3 Å². The molecular formula is C6H11O2RfS-. The molecular weight excluding hydrogens is 403 g/mol. The number of hydrogen-bond acceptors (Lipinski definition) is 2. The van der Waals surface area contributed by atoms with Gasteiger partial charge in [-0.15, -0.1) is 0 Å². The van der Waals surface area contributed by atoms with Gasteiger partial charge in [-0.05, 0) is 0 Å². The molecule has 10 heavy (non-hydrogen) atoms. The van der Waals surface area contributed by atoms with E-state index in [4.69, 9.17) is 4.74 Å².